The molecule has 0 aliphatic heterocycles. The lowest BCUT2D eigenvalue weighted by molar-refractivity contribution is -0.126. The minimum Gasteiger partial charge on any atom is -0.350 e. The number of carbonyl (C=O) groups is 1. The zero-order chi connectivity index (χ0) is 12.9. The van der Waals surface area contributed by atoms with Crippen molar-refractivity contribution < 1.29 is 4.79 Å². The van der Waals surface area contributed by atoms with Crippen molar-refractivity contribution in [3.8, 4) is 0 Å². The fourth-order valence-corrected chi connectivity index (χ4v) is 5.32. The molecule has 0 aromatic carbocycles. The van der Waals surface area contributed by atoms with Gasteiger partial charge in [-0.25, -0.2) is 0 Å². The van der Waals surface area contributed by atoms with Crippen molar-refractivity contribution >= 4 is 5.91 Å². The second kappa shape index (κ2) is 4.47. The molecule has 0 radical (unpaired) electrons. The lowest BCUT2D eigenvalue weighted by Gasteiger charge is -2.56. The SMILES string of the molecule is O=C(CNCC1CC1)NC12CC3CC(CC(C3)C1)C2. The van der Waals surface area contributed by atoms with Crippen LogP contribution >= 0.6 is 0 Å². The Balaban J connectivity index is 1.32. The highest BCUT2D eigenvalue weighted by molar-refractivity contribution is 5.79. The smallest absolute Gasteiger partial charge is 0.234 e. The zero-order valence-electron chi connectivity index (χ0n) is 11.8. The molecule has 5 aliphatic rings. The van der Waals surface area contributed by atoms with Crippen molar-refractivity contribution in [2.24, 2.45) is 23.7 Å². The number of amides is 1. The topological polar surface area (TPSA) is 41.1 Å². The van der Waals surface area contributed by atoms with Gasteiger partial charge in [0.2, 0.25) is 5.91 Å². The molecule has 0 atom stereocenters. The molecule has 0 unspecified atom stereocenters. The molecule has 5 fully saturated rings. The van der Waals surface area contributed by atoms with Crippen LogP contribution in [0.3, 0.4) is 0 Å². The lowest BCUT2D eigenvalue weighted by atomic mass is 9.53. The standard InChI is InChI=1S/C16H26N2O/c19-15(10-17-9-11-1-2-11)18-16-6-12-3-13(7-16)5-14(4-12)8-16/h11-14,17H,1-10H2,(H,18,19). The number of carbonyl (C=O) groups excluding carboxylic acids is 1. The number of hydrogen-bond acceptors (Lipinski definition) is 2. The summed E-state index contributed by atoms with van der Waals surface area (Å²) < 4.78 is 0. The quantitative estimate of drug-likeness (QED) is 0.796. The van der Waals surface area contributed by atoms with E-state index in [-0.39, 0.29) is 11.4 Å². The molecule has 5 rings (SSSR count). The fraction of sp³-hybridized carbons (Fsp3) is 0.938. The molecule has 106 valence electrons. The van der Waals surface area contributed by atoms with Gasteiger partial charge in [-0.2, -0.15) is 0 Å². The Labute approximate surface area is 115 Å². The Hall–Kier alpha value is -0.570. The van der Waals surface area contributed by atoms with E-state index in [4.69, 9.17) is 0 Å². The Morgan fingerprint density at radius 2 is 1.58 bits per heavy atom. The number of nitrogens with one attached hydrogen (secondary N) is 2. The molecular weight excluding hydrogens is 236 g/mol. The summed E-state index contributed by atoms with van der Waals surface area (Å²) in [6.07, 6.45) is 10.8. The average molecular weight is 262 g/mol. The van der Waals surface area contributed by atoms with Gasteiger partial charge in [-0.05, 0) is 81.6 Å². The molecular formula is C16H26N2O. The summed E-state index contributed by atoms with van der Waals surface area (Å²) in [7, 11) is 0. The molecule has 0 aromatic rings. The van der Waals surface area contributed by atoms with Gasteiger partial charge in [-0.1, -0.05) is 0 Å². The zero-order valence-corrected chi connectivity index (χ0v) is 11.8. The van der Waals surface area contributed by atoms with Crippen LogP contribution in [-0.4, -0.2) is 24.5 Å². The van der Waals surface area contributed by atoms with E-state index < -0.39 is 0 Å². The van der Waals surface area contributed by atoms with E-state index in [9.17, 15) is 4.79 Å². The van der Waals surface area contributed by atoms with Crippen molar-refractivity contribution in [2.75, 3.05) is 13.1 Å². The highest BCUT2D eigenvalue weighted by atomic mass is 16.2. The first-order chi connectivity index (χ1) is 9.21. The van der Waals surface area contributed by atoms with E-state index in [2.05, 4.69) is 10.6 Å². The molecule has 4 bridgehead atoms. The summed E-state index contributed by atoms with van der Waals surface area (Å²) in [6.45, 7) is 1.56. The van der Waals surface area contributed by atoms with Crippen LogP contribution in [0.15, 0.2) is 0 Å². The van der Waals surface area contributed by atoms with E-state index in [1.54, 1.807) is 0 Å². The van der Waals surface area contributed by atoms with Gasteiger partial charge < -0.3 is 10.6 Å². The summed E-state index contributed by atoms with van der Waals surface area (Å²) in [6, 6.07) is 0. The first-order valence-corrected chi connectivity index (χ1v) is 8.22. The minimum absolute atomic E-state index is 0.188. The normalized spacial score (nSPS) is 43.5. The van der Waals surface area contributed by atoms with Crippen LogP contribution in [0.1, 0.15) is 51.4 Å². The monoisotopic (exact) mass is 262 g/mol. The number of rotatable bonds is 5. The van der Waals surface area contributed by atoms with E-state index in [0.29, 0.717) is 6.54 Å². The molecule has 0 saturated heterocycles. The Morgan fingerprint density at radius 3 is 2.11 bits per heavy atom. The van der Waals surface area contributed by atoms with Crippen molar-refractivity contribution in [2.45, 2.75) is 56.9 Å². The third kappa shape index (κ3) is 2.54. The lowest BCUT2D eigenvalue weighted by Crippen LogP contribution is -2.60. The van der Waals surface area contributed by atoms with Gasteiger partial charge in [0, 0.05) is 5.54 Å². The van der Waals surface area contributed by atoms with Crippen molar-refractivity contribution in [3.05, 3.63) is 0 Å². The van der Waals surface area contributed by atoms with E-state index in [1.807, 2.05) is 0 Å². The third-order valence-corrected chi connectivity index (χ3v) is 5.86. The van der Waals surface area contributed by atoms with E-state index in [0.717, 1.165) is 30.2 Å². The van der Waals surface area contributed by atoms with Crippen molar-refractivity contribution in [1.29, 1.82) is 0 Å². The molecule has 3 nitrogen and oxygen atoms in total. The Bertz CT molecular complexity index is 340. The van der Waals surface area contributed by atoms with Crippen molar-refractivity contribution in [3.63, 3.8) is 0 Å². The summed E-state index contributed by atoms with van der Waals surface area (Å²) in [5, 5.41) is 6.73. The number of hydrogen-bond donors (Lipinski definition) is 2. The van der Waals surface area contributed by atoms with Crippen LogP contribution in [-0.2, 0) is 4.79 Å². The second-order valence-corrected chi connectivity index (χ2v) is 7.82. The van der Waals surface area contributed by atoms with Crippen LogP contribution in [0.2, 0.25) is 0 Å². The van der Waals surface area contributed by atoms with Crippen LogP contribution in [0.4, 0.5) is 0 Å². The predicted molar refractivity (Wildman–Crippen MR) is 74.6 cm³/mol. The largest absolute Gasteiger partial charge is 0.350 e. The molecule has 0 heterocycles. The van der Waals surface area contributed by atoms with Gasteiger partial charge in [0.15, 0.2) is 0 Å². The van der Waals surface area contributed by atoms with Crippen LogP contribution in [0.5, 0.6) is 0 Å². The van der Waals surface area contributed by atoms with Crippen LogP contribution in [0.25, 0.3) is 0 Å². The first-order valence-electron chi connectivity index (χ1n) is 8.22. The minimum atomic E-state index is 0.188. The predicted octanol–water partition coefficient (Wildman–Crippen LogP) is 2.07. The fourth-order valence-electron chi connectivity index (χ4n) is 5.32. The molecule has 5 aliphatic carbocycles. The maximum Gasteiger partial charge on any atom is 0.234 e. The molecule has 2 N–H and O–H groups in total. The van der Waals surface area contributed by atoms with Gasteiger partial charge in [-0.15, -0.1) is 0 Å². The summed E-state index contributed by atoms with van der Waals surface area (Å²) in [5.74, 6) is 3.82. The molecule has 0 aromatic heterocycles. The highest BCUT2D eigenvalue weighted by Gasteiger charge is 2.51. The van der Waals surface area contributed by atoms with Crippen molar-refractivity contribution in [1.82, 2.24) is 10.6 Å². The first kappa shape index (κ1) is 12.2. The van der Waals surface area contributed by atoms with E-state index in [1.165, 1.54) is 51.4 Å². The molecule has 19 heavy (non-hydrogen) atoms. The van der Waals surface area contributed by atoms with Crippen LogP contribution in [0, 0.1) is 23.7 Å². The van der Waals surface area contributed by atoms with Gasteiger partial charge in [0.25, 0.3) is 0 Å². The summed E-state index contributed by atoms with van der Waals surface area (Å²) in [4.78, 5) is 12.2. The van der Waals surface area contributed by atoms with Gasteiger partial charge in [-0.3, -0.25) is 4.79 Å². The third-order valence-electron chi connectivity index (χ3n) is 5.86. The molecule has 0 spiro atoms. The van der Waals surface area contributed by atoms with Gasteiger partial charge >= 0.3 is 0 Å². The van der Waals surface area contributed by atoms with Crippen LogP contribution < -0.4 is 10.6 Å². The van der Waals surface area contributed by atoms with E-state index >= 15 is 0 Å². The molecule has 1 amide bonds. The molecule has 5 saturated carbocycles. The highest BCUT2D eigenvalue weighted by Crippen LogP contribution is 2.55. The van der Waals surface area contributed by atoms with Gasteiger partial charge in [0.05, 0.1) is 6.54 Å². The summed E-state index contributed by atoms with van der Waals surface area (Å²) >= 11 is 0. The average Bonchev–Trinajstić information content (AvgIpc) is 3.10. The second-order valence-electron chi connectivity index (χ2n) is 7.82. The summed E-state index contributed by atoms with van der Waals surface area (Å²) in [5.41, 5.74) is 0.188. The maximum atomic E-state index is 12.2. The Kier molecular flexibility index (Phi) is 2.87. The maximum absolute atomic E-state index is 12.2. The Morgan fingerprint density at radius 1 is 1.00 bits per heavy atom. The van der Waals surface area contributed by atoms with Gasteiger partial charge in [0.1, 0.15) is 0 Å². The molecule has 3 heteroatoms.